The van der Waals surface area contributed by atoms with Crippen LogP contribution < -0.4 is 5.32 Å². The number of hydrogen-bond donors (Lipinski definition) is 1. The fraction of sp³-hybridized carbons (Fsp3) is 0.529. The van der Waals surface area contributed by atoms with Crippen LogP contribution in [0.15, 0.2) is 17.0 Å². The average molecular weight is 359 g/mol. The van der Waals surface area contributed by atoms with E-state index in [0.29, 0.717) is 12.5 Å². The molecule has 134 valence electrons. The second-order valence-corrected chi connectivity index (χ2v) is 7.74. The Morgan fingerprint density at radius 2 is 1.88 bits per heavy atom. The molecule has 1 aromatic rings. The van der Waals surface area contributed by atoms with E-state index in [2.05, 4.69) is 5.32 Å². The van der Waals surface area contributed by atoms with Crippen molar-refractivity contribution in [2.75, 3.05) is 5.32 Å². The van der Waals surface area contributed by atoms with Gasteiger partial charge in [-0.15, -0.1) is 11.8 Å². The van der Waals surface area contributed by atoms with E-state index in [0.717, 1.165) is 11.8 Å². The molecule has 1 amide bonds. The lowest BCUT2D eigenvalue weighted by Gasteiger charge is -2.22. The van der Waals surface area contributed by atoms with Gasteiger partial charge in [0.05, 0.1) is 5.69 Å². The van der Waals surface area contributed by atoms with Crippen molar-refractivity contribution in [3.8, 4) is 0 Å². The number of hydrogen-bond acceptors (Lipinski definition) is 4. The van der Waals surface area contributed by atoms with Crippen LogP contribution in [-0.4, -0.2) is 22.7 Å². The molecular weight excluding hydrogens is 336 g/mol. The lowest BCUT2D eigenvalue weighted by atomic mass is 10.2. The van der Waals surface area contributed by atoms with E-state index in [1.165, 1.54) is 6.07 Å². The Bertz CT molecular complexity index is 615. The van der Waals surface area contributed by atoms with Crippen LogP contribution in [0, 0.1) is 11.6 Å². The number of nitrogens with one attached hydrogen (secondary N) is 1. The molecule has 0 saturated carbocycles. The number of anilines is 1. The summed E-state index contributed by atoms with van der Waals surface area (Å²) in [6.07, 6.45) is 0.861. The van der Waals surface area contributed by atoms with Gasteiger partial charge in [0.1, 0.15) is 22.5 Å². The van der Waals surface area contributed by atoms with E-state index < -0.39 is 28.5 Å². The second-order valence-electron chi connectivity index (χ2n) is 6.35. The predicted octanol–water partition coefficient (Wildman–Crippen LogP) is 4.53. The van der Waals surface area contributed by atoms with Gasteiger partial charge in [-0.3, -0.25) is 9.59 Å². The van der Waals surface area contributed by atoms with Crippen molar-refractivity contribution >= 4 is 29.3 Å². The molecule has 1 unspecified atom stereocenters. The van der Waals surface area contributed by atoms with Crippen molar-refractivity contribution in [1.29, 1.82) is 0 Å². The van der Waals surface area contributed by atoms with Crippen molar-refractivity contribution in [2.24, 2.45) is 0 Å². The highest BCUT2D eigenvalue weighted by Gasteiger charge is 2.24. The second kappa shape index (κ2) is 8.46. The summed E-state index contributed by atoms with van der Waals surface area (Å²) < 4.78 is 33.0. The van der Waals surface area contributed by atoms with Crippen LogP contribution in [0.4, 0.5) is 14.5 Å². The Kier molecular flexibility index (Phi) is 7.20. The summed E-state index contributed by atoms with van der Waals surface area (Å²) in [4.78, 5) is 23.6. The first-order chi connectivity index (χ1) is 11.0. The van der Waals surface area contributed by atoms with Crippen molar-refractivity contribution in [3.05, 3.63) is 23.8 Å². The number of halogens is 2. The van der Waals surface area contributed by atoms with Gasteiger partial charge in [0, 0.05) is 17.4 Å². The maximum Gasteiger partial charge on any atom is 0.319 e. The summed E-state index contributed by atoms with van der Waals surface area (Å²) in [6.45, 7) is 8.62. The van der Waals surface area contributed by atoms with Crippen LogP contribution in [0.3, 0.4) is 0 Å². The van der Waals surface area contributed by atoms with Crippen LogP contribution in [0.5, 0.6) is 0 Å². The smallest absolute Gasteiger partial charge is 0.319 e. The largest absolute Gasteiger partial charge is 0.459 e. The first-order valence-corrected chi connectivity index (χ1v) is 8.60. The summed E-state index contributed by atoms with van der Waals surface area (Å²) in [6, 6.07) is 1.90. The predicted molar refractivity (Wildman–Crippen MR) is 91.1 cm³/mol. The first-order valence-electron chi connectivity index (χ1n) is 7.72. The molecule has 0 radical (unpaired) electrons. The topological polar surface area (TPSA) is 55.4 Å². The molecule has 4 nitrogen and oxygen atoms in total. The molecule has 7 heteroatoms. The minimum absolute atomic E-state index is 0.0709. The SMILES string of the molecule is CCCC(=O)Nc1cc(SC(C)C(=O)OC(C)(C)C)c(F)cc1F. The Hall–Kier alpha value is -1.63. The quantitative estimate of drug-likeness (QED) is 0.599. The lowest BCUT2D eigenvalue weighted by Crippen LogP contribution is -2.28. The third-order valence-electron chi connectivity index (χ3n) is 2.82. The molecule has 0 heterocycles. The zero-order chi connectivity index (χ0) is 18.5. The summed E-state index contributed by atoms with van der Waals surface area (Å²) in [5.41, 5.74) is -0.749. The van der Waals surface area contributed by atoms with Gasteiger partial charge >= 0.3 is 5.97 Å². The standard InChI is InChI=1S/C17H23F2NO3S/c1-6-7-15(21)20-13-9-14(12(19)8-11(13)18)24-10(2)16(22)23-17(3,4)5/h8-10H,6-7H2,1-5H3,(H,20,21). The van der Waals surface area contributed by atoms with Crippen molar-refractivity contribution in [2.45, 2.75) is 63.2 Å². The van der Waals surface area contributed by atoms with Gasteiger partial charge in [-0.25, -0.2) is 8.78 Å². The highest BCUT2D eigenvalue weighted by molar-refractivity contribution is 8.00. The van der Waals surface area contributed by atoms with Gasteiger partial charge in [0.25, 0.3) is 0 Å². The normalized spacial score (nSPS) is 12.6. The van der Waals surface area contributed by atoms with Crippen LogP contribution in [0.1, 0.15) is 47.5 Å². The van der Waals surface area contributed by atoms with E-state index >= 15 is 0 Å². The molecule has 0 aliphatic heterocycles. The molecule has 0 spiro atoms. The highest BCUT2D eigenvalue weighted by Crippen LogP contribution is 2.31. The summed E-state index contributed by atoms with van der Waals surface area (Å²) in [5.74, 6) is -2.49. The van der Waals surface area contributed by atoms with Crippen molar-refractivity contribution in [1.82, 2.24) is 0 Å². The minimum Gasteiger partial charge on any atom is -0.459 e. The number of rotatable bonds is 6. The Morgan fingerprint density at radius 1 is 1.25 bits per heavy atom. The third-order valence-corrected chi connectivity index (χ3v) is 3.93. The van der Waals surface area contributed by atoms with E-state index in [1.807, 2.05) is 6.92 Å². The lowest BCUT2D eigenvalue weighted by molar-refractivity contribution is -0.153. The highest BCUT2D eigenvalue weighted by atomic mass is 32.2. The maximum absolute atomic E-state index is 14.0. The third kappa shape index (κ3) is 6.47. The molecule has 1 N–H and O–H groups in total. The van der Waals surface area contributed by atoms with Gasteiger partial charge in [-0.1, -0.05) is 6.92 Å². The number of carbonyl (C=O) groups is 2. The molecule has 0 saturated heterocycles. The van der Waals surface area contributed by atoms with Crippen LogP contribution in [-0.2, 0) is 14.3 Å². The first kappa shape index (κ1) is 20.4. The number of thioether (sulfide) groups is 1. The molecule has 1 aromatic carbocycles. The summed E-state index contributed by atoms with van der Waals surface area (Å²) in [5, 5.41) is 1.73. The Morgan fingerprint density at radius 3 is 2.42 bits per heavy atom. The fourth-order valence-corrected chi connectivity index (χ4v) is 2.66. The molecule has 0 aromatic heterocycles. The number of esters is 1. The molecule has 0 fully saturated rings. The summed E-state index contributed by atoms with van der Waals surface area (Å²) >= 11 is 0.915. The van der Waals surface area contributed by atoms with Crippen molar-refractivity contribution < 1.29 is 23.1 Å². The molecule has 24 heavy (non-hydrogen) atoms. The molecule has 0 bridgehead atoms. The van der Waals surface area contributed by atoms with Gasteiger partial charge in [-0.05, 0) is 40.2 Å². The van der Waals surface area contributed by atoms with E-state index in [-0.39, 0.29) is 22.9 Å². The average Bonchev–Trinajstić information content (AvgIpc) is 2.42. The van der Waals surface area contributed by atoms with Gasteiger partial charge in [0.15, 0.2) is 0 Å². The Labute approximate surface area is 145 Å². The van der Waals surface area contributed by atoms with Crippen molar-refractivity contribution in [3.63, 3.8) is 0 Å². The number of amides is 1. The monoisotopic (exact) mass is 359 g/mol. The van der Waals surface area contributed by atoms with Gasteiger partial charge in [-0.2, -0.15) is 0 Å². The van der Waals surface area contributed by atoms with E-state index in [9.17, 15) is 18.4 Å². The maximum atomic E-state index is 14.0. The zero-order valence-corrected chi connectivity index (χ0v) is 15.4. The molecule has 1 atom stereocenters. The molecule has 1 rings (SSSR count). The van der Waals surface area contributed by atoms with Crippen LogP contribution >= 0.6 is 11.8 Å². The number of carbonyl (C=O) groups excluding carboxylic acids is 2. The van der Waals surface area contributed by atoms with Crippen LogP contribution in [0.2, 0.25) is 0 Å². The fourth-order valence-electron chi connectivity index (χ4n) is 1.78. The number of ether oxygens (including phenoxy) is 1. The molecule has 0 aliphatic rings. The van der Waals surface area contributed by atoms with Gasteiger partial charge < -0.3 is 10.1 Å². The molecule has 0 aliphatic carbocycles. The van der Waals surface area contributed by atoms with Gasteiger partial charge in [0.2, 0.25) is 5.91 Å². The number of benzene rings is 1. The van der Waals surface area contributed by atoms with E-state index in [1.54, 1.807) is 27.7 Å². The summed E-state index contributed by atoms with van der Waals surface area (Å²) in [7, 11) is 0. The zero-order valence-electron chi connectivity index (χ0n) is 14.5. The van der Waals surface area contributed by atoms with Crippen LogP contribution in [0.25, 0.3) is 0 Å². The minimum atomic E-state index is -0.855. The van der Waals surface area contributed by atoms with E-state index in [4.69, 9.17) is 4.74 Å². The Balaban J connectivity index is 2.91. The molecular formula is C17H23F2NO3S.